The molecule has 1 rings (SSSR count). The van der Waals surface area contributed by atoms with Crippen molar-refractivity contribution in [3.8, 4) is 0 Å². The Kier molecular flexibility index (Phi) is 6.35. The van der Waals surface area contributed by atoms with Crippen LogP contribution in [0.4, 0.5) is 13.2 Å². The van der Waals surface area contributed by atoms with E-state index in [0.717, 1.165) is 18.4 Å². The molecule has 108 valence electrons. The van der Waals surface area contributed by atoms with E-state index in [9.17, 15) is 13.2 Å². The van der Waals surface area contributed by atoms with Crippen LogP contribution in [0.25, 0.3) is 0 Å². The Hall–Kier alpha value is -1.03. The molecule has 0 fully saturated rings. The Labute approximate surface area is 113 Å². The van der Waals surface area contributed by atoms with Crippen LogP contribution in [0.1, 0.15) is 50.3 Å². The average Bonchev–Trinajstić information content (AvgIpc) is 2.38. The second kappa shape index (κ2) is 7.53. The van der Waals surface area contributed by atoms with Crippen LogP contribution in [-0.4, -0.2) is 12.7 Å². The third-order valence-corrected chi connectivity index (χ3v) is 3.23. The van der Waals surface area contributed by atoms with E-state index >= 15 is 0 Å². The van der Waals surface area contributed by atoms with Gasteiger partial charge in [-0.05, 0) is 36.9 Å². The van der Waals surface area contributed by atoms with Crippen molar-refractivity contribution in [2.45, 2.75) is 51.7 Å². The Balaban J connectivity index is 2.44. The molecule has 0 amide bonds. The number of nitrogens with one attached hydrogen (secondary N) is 1. The first kappa shape index (κ1) is 16.0. The van der Waals surface area contributed by atoms with Crippen LogP contribution in [0.5, 0.6) is 0 Å². The van der Waals surface area contributed by atoms with Gasteiger partial charge in [0.2, 0.25) is 0 Å². The van der Waals surface area contributed by atoms with Crippen molar-refractivity contribution >= 4 is 0 Å². The van der Waals surface area contributed by atoms with Crippen LogP contribution in [0.2, 0.25) is 0 Å². The summed E-state index contributed by atoms with van der Waals surface area (Å²) in [5.41, 5.74) is 2.42. The summed E-state index contributed by atoms with van der Waals surface area (Å²) in [7, 11) is 0. The second-order valence-corrected chi connectivity index (χ2v) is 4.73. The maximum Gasteiger partial charge on any atom is 0.389 e. The lowest BCUT2D eigenvalue weighted by atomic mass is 10.0. The summed E-state index contributed by atoms with van der Waals surface area (Å²) >= 11 is 0. The highest BCUT2D eigenvalue weighted by Crippen LogP contribution is 2.22. The van der Waals surface area contributed by atoms with E-state index in [-0.39, 0.29) is 12.5 Å². The molecule has 4 heteroatoms. The van der Waals surface area contributed by atoms with E-state index in [2.05, 4.69) is 36.5 Å². The van der Waals surface area contributed by atoms with Gasteiger partial charge in [-0.15, -0.1) is 0 Å². The van der Waals surface area contributed by atoms with Gasteiger partial charge in [0.05, 0.1) is 0 Å². The van der Waals surface area contributed by atoms with E-state index in [1.807, 2.05) is 6.92 Å². The fourth-order valence-corrected chi connectivity index (χ4v) is 2.05. The normalized spacial score (nSPS) is 13.5. The van der Waals surface area contributed by atoms with Crippen LogP contribution in [-0.2, 0) is 6.42 Å². The number of alkyl halides is 3. The molecule has 0 aliphatic carbocycles. The highest BCUT2D eigenvalue weighted by molar-refractivity contribution is 5.24. The summed E-state index contributed by atoms with van der Waals surface area (Å²) < 4.78 is 36.1. The molecule has 1 unspecified atom stereocenters. The molecule has 0 aromatic heterocycles. The van der Waals surface area contributed by atoms with Gasteiger partial charge in [-0.1, -0.05) is 38.1 Å². The molecule has 1 atom stereocenters. The van der Waals surface area contributed by atoms with Gasteiger partial charge in [0, 0.05) is 12.5 Å². The molecule has 1 aromatic carbocycles. The summed E-state index contributed by atoms with van der Waals surface area (Å²) in [4.78, 5) is 0. The molecule has 0 aliphatic heterocycles. The molecule has 0 spiro atoms. The van der Waals surface area contributed by atoms with Gasteiger partial charge in [0.25, 0.3) is 0 Å². The molecular weight excluding hydrogens is 251 g/mol. The molecule has 0 saturated heterocycles. The minimum atomic E-state index is -4.05. The minimum absolute atomic E-state index is 0.132. The molecule has 19 heavy (non-hydrogen) atoms. The van der Waals surface area contributed by atoms with Crippen molar-refractivity contribution in [3.63, 3.8) is 0 Å². The summed E-state index contributed by atoms with van der Waals surface area (Å²) in [5, 5.41) is 3.20. The van der Waals surface area contributed by atoms with Crippen LogP contribution in [0.15, 0.2) is 24.3 Å². The number of aryl methyl sites for hydroxylation is 1. The average molecular weight is 273 g/mol. The zero-order valence-electron chi connectivity index (χ0n) is 11.6. The highest BCUT2D eigenvalue weighted by atomic mass is 19.4. The zero-order chi connectivity index (χ0) is 14.3. The van der Waals surface area contributed by atoms with Crippen molar-refractivity contribution < 1.29 is 13.2 Å². The maximum atomic E-state index is 12.0. The van der Waals surface area contributed by atoms with Gasteiger partial charge < -0.3 is 5.32 Å². The lowest BCUT2D eigenvalue weighted by Crippen LogP contribution is -2.23. The van der Waals surface area contributed by atoms with E-state index < -0.39 is 12.6 Å². The Morgan fingerprint density at radius 2 is 1.74 bits per heavy atom. The van der Waals surface area contributed by atoms with E-state index in [0.29, 0.717) is 6.54 Å². The van der Waals surface area contributed by atoms with Crippen molar-refractivity contribution in [3.05, 3.63) is 35.4 Å². The van der Waals surface area contributed by atoms with Crippen LogP contribution in [0.3, 0.4) is 0 Å². The number of hydrogen-bond acceptors (Lipinski definition) is 1. The van der Waals surface area contributed by atoms with Gasteiger partial charge in [-0.25, -0.2) is 0 Å². The van der Waals surface area contributed by atoms with E-state index in [4.69, 9.17) is 0 Å². The summed E-state index contributed by atoms with van der Waals surface area (Å²) in [6.07, 6.45) is -2.77. The molecule has 0 bridgehead atoms. The van der Waals surface area contributed by atoms with Gasteiger partial charge in [-0.3, -0.25) is 0 Å². The molecule has 0 radical (unpaired) electrons. The number of hydrogen-bond donors (Lipinski definition) is 1. The minimum Gasteiger partial charge on any atom is -0.310 e. The van der Waals surface area contributed by atoms with Crippen molar-refractivity contribution in [1.29, 1.82) is 0 Å². The molecule has 0 saturated carbocycles. The third kappa shape index (κ3) is 6.10. The maximum absolute atomic E-state index is 12.0. The fourth-order valence-electron chi connectivity index (χ4n) is 2.05. The summed E-state index contributed by atoms with van der Waals surface area (Å²) in [6, 6.07) is 8.41. The SMILES string of the molecule is CCc1ccc(C(CC)NCCCC(F)(F)F)cc1. The van der Waals surface area contributed by atoms with Gasteiger partial charge in [-0.2, -0.15) is 13.2 Å². The molecule has 0 aliphatic rings. The largest absolute Gasteiger partial charge is 0.389 e. The second-order valence-electron chi connectivity index (χ2n) is 4.73. The first-order valence-electron chi connectivity index (χ1n) is 6.85. The highest BCUT2D eigenvalue weighted by Gasteiger charge is 2.26. The van der Waals surface area contributed by atoms with E-state index in [1.165, 1.54) is 5.56 Å². The monoisotopic (exact) mass is 273 g/mol. The van der Waals surface area contributed by atoms with Crippen molar-refractivity contribution in [2.75, 3.05) is 6.54 Å². The van der Waals surface area contributed by atoms with E-state index in [1.54, 1.807) is 0 Å². The number of rotatable bonds is 7. The Morgan fingerprint density at radius 3 is 2.21 bits per heavy atom. The van der Waals surface area contributed by atoms with Gasteiger partial charge >= 0.3 is 6.18 Å². The van der Waals surface area contributed by atoms with Gasteiger partial charge in [0.1, 0.15) is 0 Å². The van der Waals surface area contributed by atoms with Gasteiger partial charge in [0.15, 0.2) is 0 Å². The Bertz CT molecular complexity index is 357. The van der Waals surface area contributed by atoms with Crippen LogP contribution in [0, 0.1) is 0 Å². The first-order chi connectivity index (χ1) is 8.96. The van der Waals surface area contributed by atoms with Crippen LogP contribution >= 0.6 is 0 Å². The lowest BCUT2D eigenvalue weighted by Gasteiger charge is -2.18. The summed E-state index contributed by atoms with van der Waals surface area (Å²) in [5.74, 6) is 0. The lowest BCUT2D eigenvalue weighted by molar-refractivity contribution is -0.135. The third-order valence-electron chi connectivity index (χ3n) is 3.23. The van der Waals surface area contributed by atoms with Crippen molar-refractivity contribution in [2.24, 2.45) is 0 Å². The number of benzene rings is 1. The standard InChI is InChI=1S/C15H22F3N/c1-3-12-6-8-13(9-7-12)14(4-2)19-11-5-10-15(16,17)18/h6-9,14,19H,3-5,10-11H2,1-2H3. The first-order valence-corrected chi connectivity index (χ1v) is 6.85. The molecule has 1 N–H and O–H groups in total. The summed E-state index contributed by atoms with van der Waals surface area (Å²) in [6.45, 7) is 4.53. The zero-order valence-corrected chi connectivity index (χ0v) is 11.6. The number of halogens is 3. The molecule has 0 heterocycles. The topological polar surface area (TPSA) is 12.0 Å². The quantitative estimate of drug-likeness (QED) is 0.714. The van der Waals surface area contributed by atoms with Crippen LogP contribution < -0.4 is 5.32 Å². The Morgan fingerprint density at radius 1 is 1.11 bits per heavy atom. The molecule has 1 aromatic rings. The predicted octanol–water partition coefficient (Wildman–Crippen LogP) is 4.63. The predicted molar refractivity (Wildman–Crippen MR) is 72.1 cm³/mol. The van der Waals surface area contributed by atoms with Crippen molar-refractivity contribution in [1.82, 2.24) is 5.32 Å². The smallest absolute Gasteiger partial charge is 0.310 e. The fraction of sp³-hybridized carbons (Fsp3) is 0.600. The molecular formula is C15H22F3N. The molecule has 1 nitrogen and oxygen atoms in total.